The van der Waals surface area contributed by atoms with E-state index in [0.717, 1.165) is 0 Å². The highest BCUT2D eigenvalue weighted by molar-refractivity contribution is 5.01. The zero-order valence-corrected chi connectivity index (χ0v) is 4.15. The van der Waals surface area contributed by atoms with E-state index in [1.807, 2.05) is 0 Å². The Labute approximate surface area is 39.6 Å². The molecule has 0 saturated heterocycles. The van der Waals surface area contributed by atoms with Gasteiger partial charge in [-0.2, -0.15) is 0 Å². The van der Waals surface area contributed by atoms with Crippen molar-refractivity contribution >= 4 is 0 Å². The fourth-order valence-corrected chi connectivity index (χ4v) is 0. The molecule has 6 heavy (non-hydrogen) atoms. The quantitative estimate of drug-likeness (QED) is 0.385. The van der Waals surface area contributed by atoms with Crippen molar-refractivity contribution in [1.82, 2.24) is 0 Å². The average Bonchev–Trinajstić information content (AvgIpc) is 1.35. The van der Waals surface area contributed by atoms with Crippen LogP contribution in [-0.4, -0.2) is 0 Å². The normalized spacial score (nSPS) is 10.3. The minimum atomic E-state index is -0.431. The van der Waals surface area contributed by atoms with Crippen LogP contribution in [0.25, 0.3) is 0 Å². The minimum absolute atomic E-state index is 0.431. The molecule has 0 aliphatic carbocycles. The second kappa shape index (κ2) is 1.34. The molecule has 0 fully saturated rings. The summed E-state index contributed by atoms with van der Waals surface area (Å²) in [6.07, 6.45) is 4.93. The maximum absolute atomic E-state index is 5.30. The van der Waals surface area contributed by atoms with Crippen LogP contribution in [0.2, 0.25) is 0 Å². The van der Waals surface area contributed by atoms with Gasteiger partial charge < -0.3 is 0 Å². The van der Waals surface area contributed by atoms with Crippen molar-refractivity contribution in [3.05, 3.63) is 6.92 Å². The van der Waals surface area contributed by atoms with Crippen molar-refractivity contribution in [3.63, 3.8) is 0 Å². The van der Waals surface area contributed by atoms with Crippen LogP contribution in [0.3, 0.4) is 0 Å². The summed E-state index contributed by atoms with van der Waals surface area (Å²) < 4.78 is 0. The van der Waals surface area contributed by atoms with Gasteiger partial charge in [0.1, 0.15) is 0 Å². The highest BCUT2D eigenvalue weighted by Gasteiger charge is 2.01. The first-order valence-corrected chi connectivity index (χ1v) is 1.83. The van der Waals surface area contributed by atoms with Crippen LogP contribution in [0.15, 0.2) is 0 Å². The largest absolute Gasteiger partial charge is 0.120 e. The zero-order valence-electron chi connectivity index (χ0n) is 4.15. The second-order valence-corrected chi connectivity index (χ2v) is 1.87. The third-order valence-electron chi connectivity index (χ3n) is 0.372. The fraction of sp³-hybridized carbons (Fsp3) is 0.500. The molecule has 0 aromatic rings. The first kappa shape index (κ1) is 5.56. The average molecular weight is 80.1 g/mol. The summed E-state index contributed by atoms with van der Waals surface area (Å²) in [7, 11) is 0. The van der Waals surface area contributed by atoms with Crippen LogP contribution in [-0.2, 0) is 0 Å². The molecule has 0 unspecified atom stereocenters. The number of terminal acetylenes is 1. The van der Waals surface area contributed by atoms with Crippen molar-refractivity contribution in [1.29, 1.82) is 0 Å². The predicted molar refractivity (Wildman–Crippen MR) is 26.9 cm³/mol. The van der Waals surface area contributed by atoms with Crippen LogP contribution >= 0.6 is 0 Å². The van der Waals surface area contributed by atoms with Gasteiger partial charge in [0.2, 0.25) is 0 Å². The summed E-state index contributed by atoms with van der Waals surface area (Å²) in [5.41, 5.74) is -0.431. The van der Waals surface area contributed by atoms with Gasteiger partial charge in [0.15, 0.2) is 0 Å². The van der Waals surface area contributed by atoms with Gasteiger partial charge in [0.05, 0.1) is 0 Å². The smallest absolute Gasteiger partial charge is 0.0290 e. The highest BCUT2D eigenvalue weighted by Crippen LogP contribution is 2.07. The maximum Gasteiger partial charge on any atom is 0.0290 e. The third-order valence-corrected chi connectivity index (χ3v) is 0.372. The molecule has 0 aliphatic heterocycles. The van der Waals surface area contributed by atoms with Crippen molar-refractivity contribution in [2.45, 2.75) is 13.8 Å². The Bertz CT molecular complexity index is 67.0. The van der Waals surface area contributed by atoms with Crippen LogP contribution in [0.1, 0.15) is 13.8 Å². The van der Waals surface area contributed by atoms with E-state index >= 15 is 0 Å². The van der Waals surface area contributed by atoms with E-state index in [9.17, 15) is 0 Å². The van der Waals surface area contributed by atoms with E-state index in [2.05, 4.69) is 5.92 Å². The first-order valence-electron chi connectivity index (χ1n) is 1.83. The summed E-state index contributed by atoms with van der Waals surface area (Å²) in [5, 5.41) is 0. The molecule has 0 N–H and O–H groups in total. The molecule has 0 aliphatic rings. The van der Waals surface area contributed by atoms with Crippen molar-refractivity contribution in [2.75, 3.05) is 0 Å². The molecule has 0 bridgehead atoms. The van der Waals surface area contributed by atoms with Gasteiger partial charge >= 0.3 is 0 Å². The lowest BCUT2D eigenvalue weighted by atomic mass is 9.99. The van der Waals surface area contributed by atoms with Crippen molar-refractivity contribution in [3.8, 4) is 12.3 Å². The molecule has 0 heteroatoms. The van der Waals surface area contributed by atoms with Crippen LogP contribution in [0.4, 0.5) is 0 Å². The van der Waals surface area contributed by atoms with Gasteiger partial charge in [0, 0.05) is 5.41 Å². The Morgan fingerprint density at radius 3 is 1.67 bits per heavy atom. The van der Waals surface area contributed by atoms with E-state index in [0.29, 0.717) is 0 Å². The predicted octanol–water partition coefficient (Wildman–Crippen LogP) is 1.36. The summed E-state index contributed by atoms with van der Waals surface area (Å²) >= 11 is 0. The minimum Gasteiger partial charge on any atom is -0.120 e. The molecule has 2 radical (unpaired) electrons. The Morgan fingerprint density at radius 1 is 1.50 bits per heavy atom. The van der Waals surface area contributed by atoms with Crippen LogP contribution in [0, 0.1) is 24.7 Å². The van der Waals surface area contributed by atoms with E-state index in [4.69, 9.17) is 13.3 Å². The lowest BCUT2D eigenvalue weighted by Gasteiger charge is -2.04. The second-order valence-electron chi connectivity index (χ2n) is 1.87. The molecular formula is C6H8. The number of hydrogen-bond donors (Lipinski definition) is 0. The van der Waals surface area contributed by atoms with Gasteiger partial charge in [-0.1, -0.05) is 0 Å². The van der Waals surface area contributed by atoms with E-state index in [1.54, 1.807) is 13.8 Å². The van der Waals surface area contributed by atoms with Crippen LogP contribution in [0.5, 0.6) is 0 Å². The van der Waals surface area contributed by atoms with E-state index in [-0.39, 0.29) is 0 Å². The van der Waals surface area contributed by atoms with E-state index in [1.165, 1.54) is 0 Å². The molecular weight excluding hydrogens is 72.1 g/mol. The molecule has 0 saturated carbocycles. The SMILES string of the molecule is [CH]C(C)(C)C#C. The van der Waals surface area contributed by atoms with Gasteiger partial charge in [-0.05, 0) is 20.8 Å². The Morgan fingerprint density at radius 2 is 1.67 bits per heavy atom. The third kappa shape index (κ3) is 3.56. The molecule has 0 spiro atoms. The van der Waals surface area contributed by atoms with Crippen LogP contribution < -0.4 is 0 Å². The standard InChI is InChI=1S/C6H8/c1-5-6(2,3)4/h1-2H,3-4H3. The summed E-state index contributed by atoms with van der Waals surface area (Å²) in [4.78, 5) is 0. The number of hydrogen-bond acceptors (Lipinski definition) is 0. The molecule has 0 heterocycles. The summed E-state index contributed by atoms with van der Waals surface area (Å²) in [6.45, 7) is 8.87. The van der Waals surface area contributed by atoms with E-state index < -0.39 is 5.41 Å². The topological polar surface area (TPSA) is 0 Å². The molecule has 0 rings (SSSR count). The summed E-state index contributed by atoms with van der Waals surface area (Å²) in [6, 6.07) is 0. The van der Waals surface area contributed by atoms with Gasteiger partial charge in [-0.3, -0.25) is 0 Å². The summed E-state index contributed by atoms with van der Waals surface area (Å²) in [5.74, 6) is 2.38. The lowest BCUT2D eigenvalue weighted by Crippen LogP contribution is -1.98. The molecule has 0 aromatic heterocycles. The van der Waals surface area contributed by atoms with Crippen molar-refractivity contribution in [2.24, 2.45) is 5.41 Å². The van der Waals surface area contributed by atoms with Crippen molar-refractivity contribution < 1.29 is 0 Å². The zero-order chi connectivity index (χ0) is 5.21. The highest BCUT2D eigenvalue weighted by atomic mass is 14.0. The molecule has 0 atom stereocenters. The van der Waals surface area contributed by atoms with Gasteiger partial charge in [-0.15, -0.1) is 12.3 Å². The maximum atomic E-state index is 5.30. The fourth-order valence-electron chi connectivity index (χ4n) is 0. The first-order chi connectivity index (χ1) is 2.56. The Hall–Kier alpha value is -0.440. The number of rotatable bonds is 0. The van der Waals surface area contributed by atoms with Gasteiger partial charge in [-0.25, -0.2) is 0 Å². The molecule has 0 nitrogen and oxygen atoms in total. The van der Waals surface area contributed by atoms with Gasteiger partial charge in [0.25, 0.3) is 0 Å². The molecule has 0 amide bonds. The lowest BCUT2D eigenvalue weighted by molar-refractivity contribution is 0.651. The molecule has 32 valence electrons. The Kier molecular flexibility index (Phi) is 1.24. The molecule has 0 aromatic carbocycles. The monoisotopic (exact) mass is 80.1 g/mol. The Balaban J connectivity index is 3.55.